The van der Waals surface area contributed by atoms with Gasteiger partial charge in [0.05, 0.1) is 12.1 Å². The number of aliphatic hydroxyl groups excluding tert-OH is 1. The van der Waals surface area contributed by atoms with Crippen molar-refractivity contribution in [3.05, 3.63) is 0 Å². The van der Waals surface area contributed by atoms with E-state index in [4.69, 9.17) is 10.2 Å². The van der Waals surface area contributed by atoms with Gasteiger partial charge < -0.3 is 10.2 Å². The van der Waals surface area contributed by atoms with Gasteiger partial charge in [0.25, 0.3) is 0 Å². The van der Waals surface area contributed by atoms with Crippen LogP contribution in [-0.4, -0.2) is 42.5 Å². The molecule has 1 aliphatic carbocycles. The Morgan fingerprint density at radius 3 is 2.31 bits per heavy atom. The highest BCUT2D eigenvalue weighted by Gasteiger charge is 2.45. The van der Waals surface area contributed by atoms with Gasteiger partial charge in [-0.2, -0.15) is 0 Å². The summed E-state index contributed by atoms with van der Waals surface area (Å²) in [5.74, 6) is -2.35. The number of carboxylic acids is 1. The van der Waals surface area contributed by atoms with Gasteiger partial charge in [0.2, 0.25) is 10.0 Å². The van der Waals surface area contributed by atoms with E-state index in [1.165, 1.54) is 0 Å². The Kier molecular flexibility index (Phi) is 2.60. The Labute approximate surface area is 75.6 Å². The maximum atomic E-state index is 11.1. The quantitative estimate of drug-likeness (QED) is 0.512. The highest BCUT2D eigenvalue weighted by atomic mass is 32.2. The van der Waals surface area contributed by atoms with Crippen LogP contribution in [0.3, 0.4) is 0 Å². The zero-order valence-electron chi connectivity index (χ0n) is 6.86. The van der Waals surface area contributed by atoms with Crippen molar-refractivity contribution < 1.29 is 23.4 Å². The molecular formula is C6H11NO5S. The number of nitrogens with one attached hydrogen (secondary N) is 1. The number of carboxylic acid groups (broad SMARTS) is 1. The minimum Gasteiger partial charge on any atom is -0.480 e. The molecule has 6 nitrogen and oxygen atoms in total. The van der Waals surface area contributed by atoms with E-state index in [1.807, 2.05) is 0 Å². The van der Waals surface area contributed by atoms with Gasteiger partial charge in [0.15, 0.2) is 5.75 Å². The van der Waals surface area contributed by atoms with Crippen LogP contribution in [-0.2, 0) is 14.8 Å². The second-order valence-corrected chi connectivity index (χ2v) is 4.92. The molecule has 0 spiro atoms. The fraction of sp³-hybridized carbons (Fsp3) is 0.833. The Bertz CT molecular complexity index is 305. The SMILES string of the molecule is O=C(O)CS(=O)(=O)NC1(CO)CC1. The lowest BCUT2D eigenvalue weighted by atomic mass is 10.3. The van der Waals surface area contributed by atoms with Crippen molar-refractivity contribution in [2.45, 2.75) is 18.4 Å². The summed E-state index contributed by atoms with van der Waals surface area (Å²) in [4.78, 5) is 10.1. The van der Waals surface area contributed by atoms with Gasteiger partial charge in [0.1, 0.15) is 0 Å². The van der Waals surface area contributed by atoms with Gasteiger partial charge in [-0.3, -0.25) is 4.79 Å². The molecule has 0 aromatic carbocycles. The smallest absolute Gasteiger partial charge is 0.320 e. The summed E-state index contributed by atoms with van der Waals surface area (Å²) in [6, 6.07) is 0. The third-order valence-corrected chi connectivity index (χ3v) is 3.21. The van der Waals surface area contributed by atoms with Crippen molar-refractivity contribution in [2.24, 2.45) is 0 Å². The number of hydrogen-bond acceptors (Lipinski definition) is 4. The molecule has 7 heteroatoms. The second-order valence-electron chi connectivity index (χ2n) is 3.19. The predicted octanol–water partition coefficient (Wildman–Crippen LogP) is -1.48. The van der Waals surface area contributed by atoms with Crippen molar-refractivity contribution in [3.63, 3.8) is 0 Å². The molecule has 0 heterocycles. The average molecular weight is 209 g/mol. The normalized spacial score (nSPS) is 19.8. The van der Waals surface area contributed by atoms with Crippen molar-refractivity contribution >= 4 is 16.0 Å². The molecule has 0 aromatic heterocycles. The fourth-order valence-corrected chi connectivity index (χ4v) is 2.30. The van der Waals surface area contributed by atoms with Crippen LogP contribution in [0, 0.1) is 0 Å². The summed E-state index contributed by atoms with van der Waals surface area (Å²) < 4.78 is 24.3. The Morgan fingerprint density at radius 2 is 2.00 bits per heavy atom. The second kappa shape index (κ2) is 3.24. The lowest BCUT2D eigenvalue weighted by Crippen LogP contribution is -2.42. The third-order valence-electron chi connectivity index (χ3n) is 1.84. The summed E-state index contributed by atoms with van der Waals surface area (Å²) in [6.07, 6.45) is 1.12. The number of rotatable bonds is 5. The zero-order chi connectivity index (χ0) is 10.1. The molecular weight excluding hydrogens is 198 g/mol. The van der Waals surface area contributed by atoms with Crippen LogP contribution >= 0.6 is 0 Å². The number of aliphatic hydroxyl groups is 1. The first-order valence-corrected chi connectivity index (χ1v) is 5.39. The lowest BCUT2D eigenvalue weighted by Gasteiger charge is -2.12. The van der Waals surface area contributed by atoms with E-state index >= 15 is 0 Å². The van der Waals surface area contributed by atoms with Crippen LogP contribution in [0.5, 0.6) is 0 Å². The Morgan fingerprint density at radius 1 is 1.46 bits per heavy atom. The predicted molar refractivity (Wildman–Crippen MR) is 43.6 cm³/mol. The molecule has 0 aliphatic heterocycles. The summed E-state index contributed by atoms with van der Waals surface area (Å²) in [5, 5.41) is 17.0. The van der Waals surface area contributed by atoms with Crippen molar-refractivity contribution in [2.75, 3.05) is 12.4 Å². The number of hydrogen-bond donors (Lipinski definition) is 3. The van der Waals surface area contributed by atoms with Crippen LogP contribution in [0.4, 0.5) is 0 Å². The van der Waals surface area contributed by atoms with Crippen LogP contribution in [0.15, 0.2) is 0 Å². The number of sulfonamides is 1. The largest absolute Gasteiger partial charge is 0.480 e. The molecule has 0 atom stereocenters. The van der Waals surface area contributed by atoms with Gasteiger partial charge in [-0.1, -0.05) is 0 Å². The molecule has 13 heavy (non-hydrogen) atoms. The molecule has 0 unspecified atom stereocenters. The summed E-state index contributed by atoms with van der Waals surface area (Å²) in [6.45, 7) is -0.286. The first kappa shape index (κ1) is 10.4. The van der Waals surface area contributed by atoms with Crippen molar-refractivity contribution in [1.29, 1.82) is 0 Å². The maximum Gasteiger partial charge on any atom is 0.320 e. The van der Waals surface area contributed by atoms with Gasteiger partial charge in [-0.25, -0.2) is 13.1 Å². The van der Waals surface area contributed by atoms with E-state index < -0.39 is 27.3 Å². The van der Waals surface area contributed by atoms with E-state index in [-0.39, 0.29) is 6.61 Å². The van der Waals surface area contributed by atoms with Crippen LogP contribution in [0.2, 0.25) is 0 Å². The monoisotopic (exact) mass is 209 g/mol. The van der Waals surface area contributed by atoms with Gasteiger partial charge in [0, 0.05) is 0 Å². The summed E-state index contributed by atoms with van der Waals surface area (Å²) in [7, 11) is -3.80. The fourth-order valence-electron chi connectivity index (χ4n) is 0.972. The van der Waals surface area contributed by atoms with E-state index in [0.29, 0.717) is 12.8 Å². The van der Waals surface area contributed by atoms with Crippen molar-refractivity contribution in [3.8, 4) is 0 Å². The molecule has 0 radical (unpaired) electrons. The van der Waals surface area contributed by atoms with E-state index in [2.05, 4.69) is 4.72 Å². The molecule has 3 N–H and O–H groups in total. The highest BCUT2D eigenvalue weighted by molar-refractivity contribution is 7.90. The zero-order valence-corrected chi connectivity index (χ0v) is 7.67. The maximum absolute atomic E-state index is 11.1. The van der Waals surface area contributed by atoms with Crippen LogP contribution < -0.4 is 4.72 Å². The van der Waals surface area contributed by atoms with Gasteiger partial charge >= 0.3 is 5.97 Å². The molecule has 0 aromatic rings. The molecule has 1 saturated carbocycles. The van der Waals surface area contributed by atoms with E-state index in [1.54, 1.807) is 0 Å². The molecule has 0 bridgehead atoms. The first-order valence-electron chi connectivity index (χ1n) is 3.73. The number of carbonyl (C=O) groups is 1. The highest BCUT2D eigenvalue weighted by Crippen LogP contribution is 2.35. The Balaban J connectivity index is 2.57. The minimum atomic E-state index is -3.80. The molecule has 1 fully saturated rings. The average Bonchev–Trinajstić information content (AvgIpc) is 2.65. The lowest BCUT2D eigenvalue weighted by molar-refractivity contribution is -0.134. The molecule has 1 rings (SSSR count). The van der Waals surface area contributed by atoms with E-state index in [9.17, 15) is 13.2 Å². The minimum absolute atomic E-state index is 0.286. The third kappa shape index (κ3) is 2.94. The van der Waals surface area contributed by atoms with Gasteiger partial charge in [-0.05, 0) is 12.8 Å². The topological polar surface area (TPSA) is 104 Å². The van der Waals surface area contributed by atoms with Gasteiger partial charge in [-0.15, -0.1) is 0 Å². The molecule has 1 aliphatic rings. The molecule has 0 amide bonds. The van der Waals surface area contributed by atoms with Crippen LogP contribution in [0.25, 0.3) is 0 Å². The molecule has 0 saturated heterocycles. The summed E-state index contributed by atoms with van der Waals surface area (Å²) >= 11 is 0. The van der Waals surface area contributed by atoms with Crippen LogP contribution in [0.1, 0.15) is 12.8 Å². The first-order chi connectivity index (χ1) is 5.89. The van der Waals surface area contributed by atoms with Crippen molar-refractivity contribution in [1.82, 2.24) is 4.72 Å². The molecule has 76 valence electrons. The standard InChI is InChI=1S/C6H11NO5S/c8-4-6(1-2-6)7-13(11,12)3-5(9)10/h7-8H,1-4H2,(H,9,10). The summed E-state index contributed by atoms with van der Waals surface area (Å²) in [5.41, 5.74) is -0.783. The Hall–Kier alpha value is -0.660. The van der Waals surface area contributed by atoms with E-state index in [0.717, 1.165) is 0 Å². The number of aliphatic carboxylic acids is 1.